The second-order valence-corrected chi connectivity index (χ2v) is 4.60. The van der Waals surface area contributed by atoms with Crippen LogP contribution in [0.3, 0.4) is 0 Å². The maximum absolute atomic E-state index is 10.5. The number of hydrogen-bond donors (Lipinski definition) is 0. The highest BCUT2D eigenvalue weighted by atomic mass is 16.3. The monoisotopic (exact) mass is 199 g/mol. The Labute approximate surface area is 89.9 Å². The van der Waals surface area contributed by atoms with Gasteiger partial charge in [-0.25, -0.2) is 5.11 Å². The van der Waals surface area contributed by atoms with Gasteiger partial charge < -0.3 is 0 Å². The summed E-state index contributed by atoms with van der Waals surface area (Å²) in [6.07, 6.45) is 8.84. The van der Waals surface area contributed by atoms with E-state index in [0.29, 0.717) is 5.92 Å². The normalized spacial score (nSPS) is 15.4. The van der Waals surface area contributed by atoms with Gasteiger partial charge >= 0.3 is 0 Å². The zero-order chi connectivity index (χ0) is 10.8. The molecule has 85 valence electrons. The Bertz CT molecular complexity index is 112. The summed E-state index contributed by atoms with van der Waals surface area (Å²) in [5, 5.41) is 10.5. The first-order valence-corrected chi connectivity index (χ1v) is 6.32. The van der Waals surface area contributed by atoms with Crippen molar-refractivity contribution >= 4 is 0 Å². The van der Waals surface area contributed by atoms with Crippen LogP contribution in [0.1, 0.15) is 65.7 Å². The number of unbranched alkanes of at least 4 members (excludes halogenated alkanes) is 2. The van der Waals surface area contributed by atoms with Crippen LogP contribution >= 0.6 is 0 Å². The fraction of sp³-hybridized carbons (Fsp3) is 1.00. The summed E-state index contributed by atoms with van der Waals surface area (Å²) in [6, 6.07) is 0. The van der Waals surface area contributed by atoms with Crippen molar-refractivity contribution in [2.75, 3.05) is 6.61 Å². The van der Waals surface area contributed by atoms with Crippen LogP contribution in [0.4, 0.5) is 0 Å². The molecule has 0 aliphatic carbocycles. The average Bonchev–Trinajstić information content (AvgIpc) is 2.17. The topological polar surface area (TPSA) is 19.9 Å². The van der Waals surface area contributed by atoms with E-state index in [9.17, 15) is 5.11 Å². The van der Waals surface area contributed by atoms with Crippen molar-refractivity contribution in [2.45, 2.75) is 65.7 Å². The van der Waals surface area contributed by atoms with E-state index < -0.39 is 0 Å². The summed E-state index contributed by atoms with van der Waals surface area (Å²) in [6.45, 7) is 6.86. The fourth-order valence-electron chi connectivity index (χ4n) is 2.06. The minimum atomic E-state index is 0.104. The Morgan fingerprint density at radius 2 is 1.79 bits per heavy atom. The largest absolute Gasteiger partial charge is 0.237 e. The molecule has 0 bridgehead atoms. The molecule has 0 N–H and O–H groups in total. The van der Waals surface area contributed by atoms with E-state index in [-0.39, 0.29) is 6.61 Å². The van der Waals surface area contributed by atoms with Gasteiger partial charge in [0, 0.05) is 0 Å². The zero-order valence-corrected chi connectivity index (χ0v) is 10.2. The third kappa shape index (κ3) is 7.37. The van der Waals surface area contributed by atoms with Crippen molar-refractivity contribution in [1.82, 2.24) is 0 Å². The Balaban J connectivity index is 3.55. The van der Waals surface area contributed by atoms with E-state index >= 15 is 0 Å². The molecule has 0 aromatic rings. The second-order valence-electron chi connectivity index (χ2n) is 4.60. The predicted molar refractivity (Wildman–Crippen MR) is 61.9 cm³/mol. The van der Waals surface area contributed by atoms with Gasteiger partial charge in [0.1, 0.15) is 0 Å². The SMILES string of the molecule is CCCCCC(CC)CC(C)CC[O]. The standard InChI is InChI=1S/C13H27O/c1-4-6-7-8-13(5-2)11-12(3)9-10-14/h12-13H,4-11H2,1-3H3. The molecule has 0 aromatic heterocycles. The molecular weight excluding hydrogens is 172 g/mol. The Morgan fingerprint density at radius 3 is 2.29 bits per heavy atom. The molecule has 1 radical (unpaired) electrons. The van der Waals surface area contributed by atoms with Crippen LogP contribution in [0, 0.1) is 11.8 Å². The first kappa shape index (κ1) is 14.0. The molecule has 0 saturated heterocycles. The van der Waals surface area contributed by atoms with Crippen LogP contribution in [0.15, 0.2) is 0 Å². The smallest absolute Gasteiger partial charge is 0.0824 e. The van der Waals surface area contributed by atoms with Crippen molar-refractivity contribution in [3.8, 4) is 0 Å². The predicted octanol–water partition coefficient (Wildman–Crippen LogP) is 4.44. The van der Waals surface area contributed by atoms with Gasteiger partial charge in [0.2, 0.25) is 0 Å². The van der Waals surface area contributed by atoms with Crippen LogP contribution < -0.4 is 0 Å². The lowest BCUT2D eigenvalue weighted by atomic mass is 9.88. The van der Waals surface area contributed by atoms with Crippen molar-refractivity contribution in [1.29, 1.82) is 0 Å². The maximum Gasteiger partial charge on any atom is 0.0824 e. The molecule has 1 nitrogen and oxygen atoms in total. The average molecular weight is 199 g/mol. The van der Waals surface area contributed by atoms with Crippen molar-refractivity contribution in [3.63, 3.8) is 0 Å². The highest BCUT2D eigenvalue weighted by molar-refractivity contribution is 4.62. The quantitative estimate of drug-likeness (QED) is 0.489. The third-order valence-electron chi connectivity index (χ3n) is 3.14. The summed E-state index contributed by atoms with van der Waals surface area (Å²) < 4.78 is 0. The lowest BCUT2D eigenvalue weighted by Crippen LogP contribution is -2.07. The van der Waals surface area contributed by atoms with Gasteiger partial charge in [0.15, 0.2) is 0 Å². The van der Waals surface area contributed by atoms with Gasteiger partial charge in [-0.2, -0.15) is 0 Å². The zero-order valence-electron chi connectivity index (χ0n) is 10.2. The highest BCUT2D eigenvalue weighted by Crippen LogP contribution is 2.23. The number of rotatable bonds is 9. The van der Waals surface area contributed by atoms with Gasteiger partial charge in [0.05, 0.1) is 6.61 Å². The summed E-state index contributed by atoms with van der Waals surface area (Å²) >= 11 is 0. The molecule has 0 amide bonds. The summed E-state index contributed by atoms with van der Waals surface area (Å²) in [7, 11) is 0. The summed E-state index contributed by atoms with van der Waals surface area (Å²) in [5.74, 6) is 1.50. The molecule has 2 atom stereocenters. The van der Waals surface area contributed by atoms with Gasteiger partial charge in [-0.15, -0.1) is 0 Å². The van der Waals surface area contributed by atoms with Gasteiger partial charge in [-0.1, -0.05) is 52.9 Å². The lowest BCUT2D eigenvalue weighted by Gasteiger charge is -2.18. The van der Waals surface area contributed by atoms with E-state index in [4.69, 9.17) is 0 Å². The van der Waals surface area contributed by atoms with Crippen LogP contribution in [0.25, 0.3) is 0 Å². The molecule has 0 heterocycles. The molecule has 0 spiro atoms. The first-order chi connectivity index (χ1) is 6.74. The van der Waals surface area contributed by atoms with Crippen molar-refractivity contribution in [3.05, 3.63) is 0 Å². The molecular formula is C13H27O. The Kier molecular flexibility index (Phi) is 9.49. The van der Waals surface area contributed by atoms with Gasteiger partial charge in [0.25, 0.3) is 0 Å². The molecule has 0 rings (SSSR count). The van der Waals surface area contributed by atoms with E-state index in [0.717, 1.165) is 12.3 Å². The molecule has 0 aliphatic heterocycles. The number of hydrogen-bond acceptors (Lipinski definition) is 0. The first-order valence-electron chi connectivity index (χ1n) is 6.32. The highest BCUT2D eigenvalue weighted by Gasteiger charge is 2.10. The molecule has 0 aliphatic rings. The fourth-order valence-corrected chi connectivity index (χ4v) is 2.06. The molecule has 0 aromatic carbocycles. The van der Waals surface area contributed by atoms with Gasteiger partial charge in [-0.05, 0) is 24.7 Å². The van der Waals surface area contributed by atoms with E-state index in [1.165, 1.54) is 38.5 Å². The second kappa shape index (κ2) is 9.51. The molecule has 0 fully saturated rings. The lowest BCUT2D eigenvalue weighted by molar-refractivity contribution is 0.165. The van der Waals surface area contributed by atoms with E-state index in [1.54, 1.807) is 0 Å². The summed E-state index contributed by atoms with van der Waals surface area (Å²) in [4.78, 5) is 0. The van der Waals surface area contributed by atoms with Crippen molar-refractivity contribution in [2.24, 2.45) is 11.8 Å². The van der Waals surface area contributed by atoms with E-state index in [1.807, 2.05) is 0 Å². The maximum atomic E-state index is 10.5. The summed E-state index contributed by atoms with van der Waals surface area (Å²) in [5.41, 5.74) is 0. The molecule has 2 unspecified atom stereocenters. The molecule has 14 heavy (non-hydrogen) atoms. The Morgan fingerprint density at radius 1 is 1.07 bits per heavy atom. The third-order valence-corrected chi connectivity index (χ3v) is 3.14. The van der Waals surface area contributed by atoms with Crippen LogP contribution in [0.5, 0.6) is 0 Å². The molecule has 1 heteroatoms. The minimum absolute atomic E-state index is 0.104. The van der Waals surface area contributed by atoms with Crippen LogP contribution in [-0.2, 0) is 5.11 Å². The van der Waals surface area contributed by atoms with Crippen molar-refractivity contribution < 1.29 is 5.11 Å². The van der Waals surface area contributed by atoms with Gasteiger partial charge in [-0.3, -0.25) is 0 Å². The van der Waals surface area contributed by atoms with Crippen LogP contribution in [-0.4, -0.2) is 6.61 Å². The minimum Gasteiger partial charge on any atom is -0.237 e. The van der Waals surface area contributed by atoms with Crippen LogP contribution in [0.2, 0.25) is 0 Å². The van der Waals surface area contributed by atoms with E-state index in [2.05, 4.69) is 20.8 Å². The Hall–Kier alpha value is -0.0400. The molecule has 0 saturated carbocycles.